The predicted octanol–water partition coefficient (Wildman–Crippen LogP) is 2.74. The van der Waals surface area contributed by atoms with Gasteiger partial charge in [0.05, 0.1) is 17.7 Å². The Kier molecular flexibility index (Phi) is 5.66. The Morgan fingerprint density at radius 1 is 1.41 bits per heavy atom. The molecule has 0 radical (unpaired) electrons. The lowest BCUT2D eigenvalue weighted by Gasteiger charge is -2.09. The molecule has 3 aromatic rings. The number of aliphatic hydroxyl groups excluding tert-OH is 1. The molecule has 0 aliphatic heterocycles. The van der Waals surface area contributed by atoms with E-state index in [0.717, 1.165) is 0 Å². The van der Waals surface area contributed by atoms with Crippen molar-refractivity contribution in [1.82, 2.24) is 10.5 Å². The van der Waals surface area contributed by atoms with Gasteiger partial charge in [-0.15, -0.1) is 6.42 Å². The summed E-state index contributed by atoms with van der Waals surface area (Å²) in [6.07, 6.45) is 8.64. The summed E-state index contributed by atoms with van der Waals surface area (Å²) in [4.78, 5) is 21.4. The lowest BCUT2D eigenvalue weighted by molar-refractivity contribution is 0.0243. The number of anilines is 2. The molecule has 0 saturated heterocycles. The number of hydrogen-bond acceptors (Lipinski definition) is 6. The molecule has 0 atom stereocenters. The van der Waals surface area contributed by atoms with Crippen molar-refractivity contribution in [3.63, 3.8) is 0 Å². The molecule has 0 fully saturated rings. The molecule has 0 aliphatic carbocycles. The molecule has 0 aliphatic rings. The zero-order chi connectivity index (χ0) is 19.2. The number of rotatable bonds is 7. The maximum absolute atomic E-state index is 14.3. The second-order valence-corrected chi connectivity index (χ2v) is 5.50. The predicted molar refractivity (Wildman–Crippen MR) is 96.7 cm³/mol. The van der Waals surface area contributed by atoms with Crippen LogP contribution in [0.1, 0.15) is 22.5 Å². The van der Waals surface area contributed by atoms with Crippen LogP contribution >= 0.6 is 0 Å². The fourth-order valence-electron chi connectivity index (χ4n) is 2.37. The highest BCUT2D eigenvalue weighted by molar-refractivity contribution is 6.06. The van der Waals surface area contributed by atoms with Crippen LogP contribution in [-0.4, -0.2) is 29.2 Å². The maximum atomic E-state index is 14.3. The van der Waals surface area contributed by atoms with Gasteiger partial charge < -0.3 is 14.8 Å². The molecule has 27 heavy (non-hydrogen) atoms. The van der Waals surface area contributed by atoms with Gasteiger partial charge in [-0.3, -0.25) is 14.6 Å². The molecule has 8 heteroatoms. The number of furan rings is 1. The number of fused-ring (bicyclic) bond motifs is 1. The Balaban J connectivity index is 1.93. The summed E-state index contributed by atoms with van der Waals surface area (Å²) in [6.45, 7) is 0.0703. The van der Waals surface area contributed by atoms with Gasteiger partial charge >= 0.3 is 5.91 Å². The molecule has 0 saturated carbocycles. The molecule has 2 aromatic heterocycles. The molecule has 3 rings (SSSR count). The SMILES string of the molecule is C#Cc1ccc(Nc2c(C(=O)NOCCCO)oc3ccncc23)c(F)c1. The number of nitrogens with zero attached hydrogens (tertiary/aromatic N) is 1. The lowest BCUT2D eigenvalue weighted by atomic mass is 10.2. The largest absolute Gasteiger partial charge is 0.448 e. The standard InChI is InChI=1S/C19H16FN3O4/c1-2-12-4-5-15(14(20)10-12)22-17-13-11-21-7-6-16(13)27-18(17)19(25)23-26-9-3-8-24/h1,4-7,10-11,22,24H,3,8-9H2,(H,23,25). The third kappa shape index (κ3) is 4.06. The van der Waals surface area contributed by atoms with Gasteiger partial charge in [-0.1, -0.05) is 5.92 Å². The van der Waals surface area contributed by atoms with Crippen LogP contribution in [0.2, 0.25) is 0 Å². The van der Waals surface area contributed by atoms with E-state index in [1.807, 2.05) is 0 Å². The van der Waals surface area contributed by atoms with Crippen molar-refractivity contribution in [3.8, 4) is 12.3 Å². The van der Waals surface area contributed by atoms with Gasteiger partial charge in [0.1, 0.15) is 17.1 Å². The summed E-state index contributed by atoms with van der Waals surface area (Å²) in [5, 5.41) is 12.1. The number of aromatic nitrogens is 1. The maximum Gasteiger partial charge on any atom is 0.312 e. The zero-order valence-corrected chi connectivity index (χ0v) is 14.2. The average Bonchev–Trinajstić information content (AvgIpc) is 3.05. The molecule has 7 nitrogen and oxygen atoms in total. The van der Waals surface area contributed by atoms with Crippen LogP contribution in [0.4, 0.5) is 15.8 Å². The number of carbonyl (C=O) groups is 1. The van der Waals surface area contributed by atoms with Gasteiger partial charge in [0.2, 0.25) is 5.76 Å². The Morgan fingerprint density at radius 2 is 2.26 bits per heavy atom. The van der Waals surface area contributed by atoms with Crippen molar-refractivity contribution < 1.29 is 23.5 Å². The quantitative estimate of drug-likeness (QED) is 0.337. The van der Waals surface area contributed by atoms with Crippen molar-refractivity contribution in [3.05, 3.63) is 53.8 Å². The van der Waals surface area contributed by atoms with E-state index in [2.05, 4.69) is 21.7 Å². The summed E-state index contributed by atoms with van der Waals surface area (Å²) in [5.74, 6) is 1.02. The number of hydrogen-bond donors (Lipinski definition) is 3. The average molecular weight is 369 g/mol. The molecule has 1 amide bonds. The van der Waals surface area contributed by atoms with Crippen LogP contribution in [0.15, 0.2) is 41.1 Å². The van der Waals surface area contributed by atoms with Crippen LogP contribution in [0.3, 0.4) is 0 Å². The Hall–Kier alpha value is -3.41. The number of amides is 1. The molecule has 1 aromatic carbocycles. The van der Waals surface area contributed by atoms with E-state index in [1.54, 1.807) is 12.1 Å². The highest BCUT2D eigenvalue weighted by Gasteiger charge is 2.22. The number of carbonyl (C=O) groups excluding carboxylic acids is 1. The number of aliphatic hydroxyl groups is 1. The summed E-state index contributed by atoms with van der Waals surface area (Å²) >= 11 is 0. The Labute approximate surface area is 154 Å². The Bertz CT molecular complexity index is 1010. The van der Waals surface area contributed by atoms with Crippen LogP contribution < -0.4 is 10.8 Å². The van der Waals surface area contributed by atoms with Gasteiger partial charge in [-0.25, -0.2) is 9.87 Å². The van der Waals surface area contributed by atoms with E-state index in [9.17, 15) is 9.18 Å². The molecule has 3 N–H and O–H groups in total. The van der Waals surface area contributed by atoms with Crippen molar-refractivity contribution in [1.29, 1.82) is 0 Å². The van der Waals surface area contributed by atoms with E-state index >= 15 is 0 Å². The van der Waals surface area contributed by atoms with Crippen molar-refractivity contribution in [2.24, 2.45) is 0 Å². The molecular formula is C19H16FN3O4. The smallest absolute Gasteiger partial charge is 0.312 e. The van der Waals surface area contributed by atoms with Crippen molar-refractivity contribution >= 4 is 28.3 Å². The number of benzene rings is 1. The minimum absolute atomic E-state index is 0.0636. The number of halogens is 1. The molecule has 2 heterocycles. The number of hydroxylamine groups is 1. The normalized spacial score (nSPS) is 10.6. The van der Waals surface area contributed by atoms with E-state index in [0.29, 0.717) is 23.0 Å². The van der Waals surface area contributed by atoms with E-state index in [4.69, 9.17) is 20.8 Å². The summed E-state index contributed by atoms with van der Waals surface area (Å²) in [5.41, 5.74) is 3.39. The number of nitrogens with one attached hydrogen (secondary N) is 2. The van der Waals surface area contributed by atoms with E-state index in [1.165, 1.54) is 24.5 Å². The van der Waals surface area contributed by atoms with E-state index < -0.39 is 11.7 Å². The zero-order valence-electron chi connectivity index (χ0n) is 14.2. The fourth-order valence-corrected chi connectivity index (χ4v) is 2.37. The summed E-state index contributed by atoms with van der Waals surface area (Å²) in [7, 11) is 0. The minimum atomic E-state index is -0.660. The molecule has 0 unspecified atom stereocenters. The molecule has 0 spiro atoms. The molecule has 0 bridgehead atoms. The second-order valence-electron chi connectivity index (χ2n) is 5.50. The Morgan fingerprint density at radius 3 is 3.00 bits per heavy atom. The van der Waals surface area contributed by atoms with Gasteiger partial charge in [0.25, 0.3) is 0 Å². The lowest BCUT2D eigenvalue weighted by Crippen LogP contribution is -2.24. The van der Waals surface area contributed by atoms with Crippen molar-refractivity contribution in [2.75, 3.05) is 18.5 Å². The van der Waals surface area contributed by atoms with Gasteiger partial charge in [-0.2, -0.15) is 0 Å². The van der Waals surface area contributed by atoms with Crippen LogP contribution in [-0.2, 0) is 4.84 Å². The first kappa shape index (κ1) is 18.4. The first-order valence-electron chi connectivity index (χ1n) is 8.06. The van der Waals surface area contributed by atoms with Crippen LogP contribution in [0.25, 0.3) is 11.0 Å². The van der Waals surface area contributed by atoms with Gasteiger partial charge in [0.15, 0.2) is 0 Å². The summed E-state index contributed by atoms with van der Waals surface area (Å²) in [6, 6.07) is 5.84. The van der Waals surface area contributed by atoms with Crippen LogP contribution in [0, 0.1) is 18.2 Å². The second kappa shape index (κ2) is 8.31. The van der Waals surface area contributed by atoms with E-state index in [-0.39, 0.29) is 30.3 Å². The highest BCUT2D eigenvalue weighted by Crippen LogP contribution is 2.33. The highest BCUT2D eigenvalue weighted by atomic mass is 19.1. The van der Waals surface area contributed by atoms with Crippen molar-refractivity contribution in [2.45, 2.75) is 6.42 Å². The fraction of sp³-hybridized carbons (Fsp3) is 0.158. The minimum Gasteiger partial charge on any atom is -0.448 e. The molecule has 138 valence electrons. The first-order valence-corrected chi connectivity index (χ1v) is 8.06. The summed E-state index contributed by atoms with van der Waals surface area (Å²) < 4.78 is 19.9. The van der Waals surface area contributed by atoms with Gasteiger partial charge in [-0.05, 0) is 30.7 Å². The number of terminal acetylenes is 1. The monoisotopic (exact) mass is 369 g/mol. The van der Waals surface area contributed by atoms with Crippen LogP contribution in [0.5, 0.6) is 0 Å². The van der Waals surface area contributed by atoms with Gasteiger partial charge in [0, 0.05) is 24.6 Å². The molecular weight excluding hydrogens is 353 g/mol. The third-order valence-corrected chi connectivity index (χ3v) is 3.66. The topological polar surface area (TPSA) is 96.6 Å². The number of pyridine rings is 1. The third-order valence-electron chi connectivity index (χ3n) is 3.66. The first-order chi connectivity index (χ1) is 13.1.